The number of carbonyl (C=O) groups is 6. The van der Waals surface area contributed by atoms with Gasteiger partial charge < -0.3 is 45.4 Å². The van der Waals surface area contributed by atoms with E-state index in [2.05, 4.69) is 21.5 Å². The van der Waals surface area contributed by atoms with Gasteiger partial charge in [-0.3, -0.25) is 24.4 Å². The molecule has 2 unspecified atom stereocenters. The van der Waals surface area contributed by atoms with Crippen molar-refractivity contribution in [3.8, 4) is 12.3 Å². The largest absolute Gasteiger partial charge is 1.00 e. The van der Waals surface area contributed by atoms with Gasteiger partial charge in [-0.25, -0.2) is 0 Å². The third-order valence-corrected chi connectivity index (χ3v) is 8.15. The Kier molecular flexibility index (Phi) is 19.4. The third-order valence-electron chi connectivity index (χ3n) is 8.15. The second-order valence-electron chi connectivity index (χ2n) is 11.2. The Bertz CT molecular complexity index is 1570. The molecule has 1 aromatic carbocycles. The molecule has 3 N–H and O–H groups in total. The number of carboxylic acids is 3. The van der Waals surface area contributed by atoms with Gasteiger partial charge in [-0.2, -0.15) is 5.01 Å². The summed E-state index contributed by atoms with van der Waals surface area (Å²) in [5.41, 5.74) is 2.06. The maximum Gasteiger partial charge on any atom is 1.00 e. The van der Waals surface area contributed by atoms with Crippen molar-refractivity contribution in [1.29, 1.82) is 0 Å². The molecule has 4 atom stereocenters. The topological polar surface area (TPSA) is 235 Å². The zero-order valence-corrected chi connectivity index (χ0v) is 34.1. The summed E-state index contributed by atoms with van der Waals surface area (Å²) in [6.07, 6.45) is 9.20. The number of aliphatic hydroxyl groups excluding tert-OH is 1. The van der Waals surface area contributed by atoms with E-state index < -0.39 is 72.7 Å². The Morgan fingerprint density at radius 3 is 2.28 bits per heavy atom. The van der Waals surface area contributed by atoms with Crippen LogP contribution in [0.2, 0.25) is 0 Å². The molecule has 3 aliphatic rings. The van der Waals surface area contributed by atoms with Gasteiger partial charge in [-0.05, 0) is 49.0 Å². The Labute approximate surface area is 354 Å². The molecule has 1 fully saturated rings. The average Bonchev–Trinajstić information content (AvgIpc) is 3.45. The van der Waals surface area contributed by atoms with Crippen LogP contribution >= 0.6 is 0 Å². The van der Waals surface area contributed by atoms with E-state index in [1.165, 1.54) is 5.01 Å². The number of nitrogens with one attached hydrogen (secondary N) is 2. The first kappa shape index (κ1) is 45.7. The molecule has 15 nitrogen and oxygen atoms in total. The predicted octanol–water partition coefficient (Wildman–Crippen LogP) is -13.0. The van der Waals surface area contributed by atoms with E-state index in [0.29, 0.717) is 18.4 Å². The van der Waals surface area contributed by atoms with E-state index in [1.807, 2.05) is 6.08 Å². The number of fused-ring (bicyclic) bond motifs is 2. The van der Waals surface area contributed by atoms with Crippen LogP contribution in [0.25, 0.3) is 0 Å². The quantitative estimate of drug-likeness (QED) is 0.0668. The van der Waals surface area contributed by atoms with Crippen LogP contribution in [0.3, 0.4) is 0 Å². The number of amidine groups is 1. The normalized spacial score (nSPS) is 19.2. The molecule has 0 saturated heterocycles. The number of nitrogens with zero attached hydrogens (tertiary/aromatic N) is 3. The van der Waals surface area contributed by atoms with E-state index in [0.717, 1.165) is 11.1 Å². The Balaban J connectivity index is 0.00000417. The standard InChI is InChI=1S/C32H35N5O10.3Na/c1-2-12-36(25-11-10-19-14-23-21(15-20(19)25)28(40)35-26(17-38)33-23)37(29(41)18-7-4-3-5-8-18)13-6-9-27(39)34-24(32(46)47)16-22(30(42)43)31(44)45;;;/h1,3-5,7-8,14-15,21-25,38H,6,9-13,16-17H2,(H,34,39)(H,42,43)(H,44,45)(H,46,47)(H,33,35,40);;;/q;3*+1/p-3/t21?,23?,24-,25-;;;/m0.../s1. The number of hydrazine groups is 1. The van der Waals surface area contributed by atoms with E-state index >= 15 is 0 Å². The minimum Gasteiger partial charge on any atom is -0.549 e. The van der Waals surface area contributed by atoms with Crippen molar-refractivity contribution in [3.05, 3.63) is 59.2 Å². The molecule has 3 amide bonds. The summed E-state index contributed by atoms with van der Waals surface area (Å²) < 4.78 is 0. The molecule has 0 bridgehead atoms. The van der Waals surface area contributed by atoms with E-state index in [4.69, 9.17) is 6.42 Å². The van der Waals surface area contributed by atoms with Crippen LogP contribution in [0.15, 0.2) is 58.6 Å². The summed E-state index contributed by atoms with van der Waals surface area (Å²) in [5, 5.41) is 50.9. The number of hydrogen-bond donors (Lipinski definition) is 3. The van der Waals surface area contributed by atoms with E-state index in [9.17, 15) is 49.2 Å². The van der Waals surface area contributed by atoms with Crippen LogP contribution in [0, 0.1) is 24.2 Å². The summed E-state index contributed by atoms with van der Waals surface area (Å²) in [7, 11) is 0. The van der Waals surface area contributed by atoms with Crippen molar-refractivity contribution in [2.75, 3.05) is 19.7 Å². The number of rotatable bonds is 15. The fourth-order valence-electron chi connectivity index (χ4n) is 5.91. The number of amides is 3. The number of carboxylic acid groups (broad SMARTS) is 3. The third kappa shape index (κ3) is 11.3. The van der Waals surface area contributed by atoms with Crippen LogP contribution in [0.5, 0.6) is 0 Å². The van der Waals surface area contributed by atoms with Crippen LogP contribution < -0.4 is 115 Å². The number of benzene rings is 1. The first-order chi connectivity index (χ1) is 22.4. The van der Waals surface area contributed by atoms with Gasteiger partial charge in [0, 0.05) is 24.4 Å². The summed E-state index contributed by atoms with van der Waals surface area (Å²) in [6, 6.07) is 5.45. The van der Waals surface area contributed by atoms with Crippen LogP contribution in [-0.4, -0.2) is 94.4 Å². The van der Waals surface area contributed by atoms with Crippen molar-refractivity contribution >= 4 is 41.5 Å². The Morgan fingerprint density at radius 2 is 1.70 bits per heavy atom. The maximum absolute atomic E-state index is 13.9. The average molecular weight is 716 g/mol. The Morgan fingerprint density at radius 1 is 1.04 bits per heavy atom. The van der Waals surface area contributed by atoms with Crippen LogP contribution in [0.4, 0.5) is 0 Å². The SMILES string of the molecule is C#CCN([C@H]1CCC2=CC3N=C(CO)NC(=O)C3C=C21)N(CCCC(=O)N[C@@H](CC(C(=O)[O-])C(=O)[O-])C(=O)[O-])C(=O)c1ccccc1.[Na+].[Na+].[Na+]. The van der Waals surface area contributed by atoms with Gasteiger partial charge in [-0.15, -0.1) is 6.42 Å². The van der Waals surface area contributed by atoms with Crippen molar-refractivity contribution in [3.63, 3.8) is 0 Å². The molecule has 50 heavy (non-hydrogen) atoms. The van der Waals surface area contributed by atoms with E-state index in [1.54, 1.807) is 41.4 Å². The first-order valence-corrected chi connectivity index (χ1v) is 14.8. The molecule has 4 rings (SSSR count). The zero-order valence-electron chi connectivity index (χ0n) is 28.1. The van der Waals surface area contributed by atoms with Gasteiger partial charge in [0.2, 0.25) is 11.8 Å². The fraction of sp³-hybridized carbons (Fsp3) is 0.406. The van der Waals surface area contributed by atoms with Crippen molar-refractivity contribution in [2.24, 2.45) is 16.8 Å². The van der Waals surface area contributed by atoms with Gasteiger partial charge in [0.25, 0.3) is 5.91 Å². The Hall–Kier alpha value is -2.33. The molecule has 1 aliphatic heterocycles. The smallest absolute Gasteiger partial charge is 0.549 e. The number of aliphatic carboxylic acids is 3. The number of hydrogen-bond acceptors (Lipinski definition) is 12. The summed E-state index contributed by atoms with van der Waals surface area (Å²) in [6.45, 7) is -0.483. The molecule has 0 radical (unpaired) electrons. The number of aliphatic imine (C=N–C) groups is 1. The van der Waals surface area contributed by atoms with Gasteiger partial charge in [-0.1, -0.05) is 36.3 Å². The number of carbonyl (C=O) groups excluding carboxylic acids is 6. The first-order valence-electron chi connectivity index (χ1n) is 14.8. The predicted molar refractivity (Wildman–Crippen MR) is 156 cm³/mol. The number of terminal acetylenes is 1. The molecule has 248 valence electrons. The van der Waals surface area contributed by atoms with Gasteiger partial charge in [0.05, 0.1) is 48.5 Å². The molecule has 0 spiro atoms. The van der Waals surface area contributed by atoms with E-state index in [-0.39, 0.29) is 126 Å². The molecule has 1 saturated carbocycles. The van der Waals surface area contributed by atoms with Crippen molar-refractivity contribution < 1.29 is 138 Å². The minimum atomic E-state index is -2.30. The summed E-state index contributed by atoms with van der Waals surface area (Å²) in [4.78, 5) is 77.5. The second kappa shape index (κ2) is 21.3. The van der Waals surface area contributed by atoms with Gasteiger partial charge >= 0.3 is 88.7 Å². The van der Waals surface area contributed by atoms with Crippen molar-refractivity contribution in [1.82, 2.24) is 20.7 Å². The zero-order chi connectivity index (χ0) is 34.2. The van der Waals surface area contributed by atoms with Crippen LogP contribution in [0.1, 0.15) is 42.5 Å². The van der Waals surface area contributed by atoms with Crippen LogP contribution in [-0.2, 0) is 24.0 Å². The molecule has 1 heterocycles. The molecular weight excluding hydrogens is 683 g/mol. The fourth-order valence-corrected chi connectivity index (χ4v) is 5.91. The molecular formula is C32H32N5Na3O10. The summed E-state index contributed by atoms with van der Waals surface area (Å²) in [5.74, 6) is -7.84. The molecule has 0 aromatic heterocycles. The van der Waals surface area contributed by atoms with Gasteiger partial charge in [0.1, 0.15) is 12.4 Å². The molecule has 2 aliphatic carbocycles. The van der Waals surface area contributed by atoms with Crippen molar-refractivity contribution in [2.45, 2.75) is 50.2 Å². The minimum absolute atomic E-state index is 0. The molecule has 1 aromatic rings. The monoisotopic (exact) mass is 715 g/mol. The molecule has 18 heteroatoms. The van der Waals surface area contributed by atoms with Gasteiger partial charge in [0.15, 0.2) is 0 Å². The second-order valence-corrected chi connectivity index (χ2v) is 11.2. The maximum atomic E-state index is 13.9. The number of aliphatic hydroxyl groups is 1. The summed E-state index contributed by atoms with van der Waals surface area (Å²) >= 11 is 0.